The number of ether oxygens (including phenoxy) is 2. The summed E-state index contributed by atoms with van der Waals surface area (Å²) in [6, 6.07) is 1.90. The molecule has 0 saturated carbocycles. The summed E-state index contributed by atoms with van der Waals surface area (Å²) in [5, 5.41) is 14.0. The van der Waals surface area contributed by atoms with Gasteiger partial charge < -0.3 is 14.8 Å². The van der Waals surface area contributed by atoms with Gasteiger partial charge in [0.15, 0.2) is 5.16 Å². The van der Waals surface area contributed by atoms with Crippen molar-refractivity contribution in [1.29, 1.82) is 0 Å². The number of hydrogen-bond acceptors (Lipinski definition) is 8. The van der Waals surface area contributed by atoms with Gasteiger partial charge in [-0.2, -0.15) is 0 Å². The van der Waals surface area contributed by atoms with Crippen LogP contribution < -0.4 is 10.9 Å². The third kappa shape index (κ3) is 3.86. The minimum Gasteiger partial charge on any atom is -0.376 e. The zero-order valence-electron chi connectivity index (χ0n) is 16.4. The third-order valence-electron chi connectivity index (χ3n) is 5.48. The van der Waals surface area contributed by atoms with Crippen LogP contribution in [-0.2, 0) is 20.8 Å². The highest BCUT2D eigenvalue weighted by Gasteiger charge is 2.23. The highest BCUT2D eigenvalue weighted by Crippen LogP contribution is 2.25. The van der Waals surface area contributed by atoms with Crippen molar-refractivity contribution in [3.8, 4) is 0 Å². The molecule has 0 spiro atoms. The minimum absolute atomic E-state index is 0.0142. The van der Waals surface area contributed by atoms with E-state index in [1.165, 1.54) is 23.1 Å². The van der Waals surface area contributed by atoms with Gasteiger partial charge in [0.2, 0.25) is 11.7 Å². The standard InChI is InChI=1S/C19H23N5O4S2/c25-15(20-9-12-3-1-6-27-12)11-30-19-22-21-18-23(10-13-4-2-7-28-13)17(26)16-14(24(18)19)5-8-29-16/h5,8,12-13H,1-4,6-7,9-11H2,(H,20,25). The topological polar surface area (TPSA) is 99.8 Å². The van der Waals surface area contributed by atoms with Gasteiger partial charge in [-0.3, -0.25) is 18.6 Å². The molecule has 2 atom stereocenters. The molecule has 3 aromatic rings. The first-order valence-corrected chi connectivity index (χ1v) is 12.0. The number of aromatic nitrogens is 4. The van der Waals surface area contributed by atoms with E-state index in [-0.39, 0.29) is 29.4 Å². The number of hydrogen-bond donors (Lipinski definition) is 1. The summed E-state index contributed by atoms with van der Waals surface area (Å²) in [6.45, 7) is 2.49. The zero-order valence-corrected chi connectivity index (χ0v) is 18.0. The average molecular weight is 450 g/mol. The van der Waals surface area contributed by atoms with Crippen molar-refractivity contribution in [2.24, 2.45) is 0 Å². The number of fused-ring (bicyclic) bond motifs is 3. The molecule has 0 radical (unpaired) electrons. The van der Waals surface area contributed by atoms with Crippen LogP contribution in [0.15, 0.2) is 21.4 Å². The van der Waals surface area contributed by atoms with Crippen molar-refractivity contribution in [1.82, 2.24) is 24.5 Å². The van der Waals surface area contributed by atoms with Gasteiger partial charge in [0.1, 0.15) is 4.70 Å². The Kier molecular flexibility index (Phi) is 5.77. The van der Waals surface area contributed by atoms with Crippen LogP contribution in [0.2, 0.25) is 0 Å². The predicted molar refractivity (Wildman–Crippen MR) is 114 cm³/mol. The number of carbonyl (C=O) groups excluding carboxylic acids is 1. The molecule has 0 bridgehead atoms. The molecule has 0 aromatic carbocycles. The Bertz CT molecular complexity index is 1110. The molecular weight excluding hydrogens is 426 g/mol. The molecule has 3 aromatic heterocycles. The summed E-state index contributed by atoms with van der Waals surface area (Å²) in [6.07, 6.45) is 4.10. The summed E-state index contributed by atoms with van der Waals surface area (Å²) in [5.74, 6) is 0.648. The third-order valence-corrected chi connectivity index (χ3v) is 7.30. The van der Waals surface area contributed by atoms with Crippen LogP contribution in [0.4, 0.5) is 0 Å². The van der Waals surface area contributed by atoms with Crippen molar-refractivity contribution in [2.75, 3.05) is 25.5 Å². The van der Waals surface area contributed by atoms with Crippen molar-refractivity contribution in [2.45, 2.75) is 49.6 Å². The van der Waals surface area contributed by atoms with Crippen LogP contribution in [0.5, 0.6) is 0 Å². The number of nitrogens with zero attached hydrogens (tertiary/aromatic N) is 4. The van der Waals surface area contributed by atoms with E-state index in [1.807, 2.05) is 15.8 Å². The van der Waals surface area contributed by atoms with Gasteiger partial charge in [0.25, 0.3) is 5.56 Å². The number of amides is 1. The number of nitrogens with one attached hydrogen (secondary N) is 1. The van der Waals surface area contributed by atoms with Crippen LogP contribution >= 0.6 is 23.1 Å². The monoisotopic (exact) mass is 449 g/mol. The maximum absolute atomic E-state index is 13.0. The fourth-order valence-corrected chi connectivity index (χ4v) is 5.56. The fraction of sp³-hybridized carbons (Fsp3) is 0.579. The summed E-state index contributed by atoms with van der Waals surface area (Å²) in [5.41, 5.74) is 0.706. The molecule has 30 heavy (non-hydrogen) atoms. The van der Waals surface area contributed by atoms with Gasteiger partial charge >= 0.3 is 0 Å². The average Bonchev–Trinajstić information content (AvgIpc) is 3.54. The number of thioether (sulfide) groups is 1. The van der Waals surface area contributed by atoms with Gasteiger partial charge in [-0.25, -0.2) is 0 Å². The molecule has 2 aliphatic rings. The molecule has 5 heterocycles. The maximum atomic E-state index is 13.0. The van der Waals surface area contributed by atoms with E-state index < -0.39 is 0 Å². The summed E-state index contributed by atoms with van der Waals surface area (Å²) < 4.78 is 15.5. The van der Waals surface area contributed by atoms with Crippen molar-refractivity contribution < 1.29 is 14.3 Å². The van der Waals surface area contributed by atoms with Crippen LogP contribution in [0.1, 0.15) is 25.7 Å². The van der Waals surface area contributed by atoms with Crippen molar-refractivity contribution in [3.63, 3.8) is 0 Å². The number of carbonyl (C=O) groups is 1. The lowest BCUT2D eigenvalue weighted by atomic mass is 10.2. The molecule has 1 N–H and O–H groups in total. The van der Waals surface area contributed by atoms with Gasteiger partial charge in [-0.1, -0.05) is 11.8 Å². The maximum Gasteiger partial charge on any atom is 0.272 e. The smallest absolute Gasteiger partial charge is 0.272 e. The van der Waals surface area contributed by atoms with Crippen molar-refractivity contribution >= 4 is 45.0 Å². The highest BCUT2D eigenvalue weighted by atomic mass is 32.2. The van der Waals surface area contributed by atoms with E-state index in [2.05, 4.69) is 15.5 Å². The van der Waals surface area contributed by atoms with E-state index in [1.54, 1.807) is 4.57 Å². The molecule has 0 aliphatic carbocycles. The van der Waals surface area contributed by atoms with Crippen LogP contribution in [-0.4, -0.2) is 62.8 Å². The number of rotatable bonds is 7. The predicted octanol–water partition coefficient (Wildman–Crippen LogP) is 1.67. The Morgan fingerprint density at radius 1 is 1.23 bits per heavy atom. The van der Waals surface area contributed by atoms with Gasteiger partial charge in [-0.15, -0.1) is 21.5 Å². The van der Waals surface area contributed by atoms with E-state index in [9.17, 15) is 9.59 Å². The Labute approximate surface area is 180 Å². The molecule has 2 saturated heterocycles. The second-order valence-electron chi connectivity index (χ2n) is 7.53. The van der Waals surface area contributed by atoms with E-state index in [0.29, 0.717) is 28.7 Å². The molecule has 2 aliphatic heterocycles. The summed E-state index contributed by atoms with van der Waals surface area (Å²) in [4.78, 5) is 25.3. The first-order valence-electron chi connectivity index (χ1n) is 10.2. The van der Waals surface area contributed by atoms with E-state index in [4.69, 9.17) is 9.47 Å². The fourth-order valence-electron chi connectivity index (χ4n) is 3.96. The lowest BCUT2D eigenvalue weighted by Crippen LogP contribution is -2.32. The summed E-state index contributed by atoms with van der Waals surface area (Å²) in [7, 11) is 0. The molecular formula is C19H23N5O4S2. The van der Waals surface area contributed by atoms with Crippen molar-refractivity contribution in [3.05, 3.63) is 21.8 Å². The first kappa shape index (κ1) is 20.0. The van der Waals surface area contributed by atoms with Gasteiger partial charge in [0, 0.05) is 19.8 Å². The molecule has 160 valence electrons. The molecule has 9 nitrogen and oxygen atoms in total. The largest absolute Gasteiger partial charge is 0.376 e. The Morgan fingerprint density at radius 2 is 2.03 bits per heavy atom. The van der Waals surface area contributed by atoms with Crippen LogP contribution in [0.3, 0.4) is 0 Å². The Hall–Kier alpha value is -1.95. The highest BCUT2D eigenvalue weighted by molar-refractivity contribution is 7.99. The molecule has 11 heteroatoms. The molecule has 1 amide bonds. The molecule has 2 unspecified atom stereocenters. The van der Waals surface area contributed by atoms with Gasteiger partial charge in [0.05, 0.1) is 30.0 Å². The lowest BCUT2D eigenvalue weighted by molar-refractivity contribution is -0.119. The van der Waals surface area contributed by atoms with Crippen LogP contribution in [0, 0.1) is 0 Å². The van der Waals surface area contributed by atoms with Gasteiger partial charge in [-0.05, 0) is 37.1 Å². The first-order chi connectivity index (χ1) is 14.7. The Morgan fingerprint density at radius 3 is 2.80 bits per heavy atom. The lowest BCUT2D eigenvalue weighted by Gasteiger charge is -2.13. The minimum atomic E-state index is -0.0683. The van der Waals surface area contributed by atoms with E-state index >= 15 is 0 Å². The summed E-state index contributed by atoms with van der Waals surface area (Å²) >= 11 is 2.72. The second-order valence-corrected chi connectivity index (χ2v) is 9.39. The SMILES string of the molecule is O=C(CSc1nnc2n(CC3CCCO3)c(=O)c3sccc3n12)NCC1CCCO1. The second kappa shape index (κ2) is 8.66. The number of thiophene rings is 1. The van der Waals surface area contributed by atoms with Crippen LogP contribution in [0.25, 0.3) is 16.0 Å². The van der Waals surface area contributed by atoms with E-state index in [0.717, 1.165) is 44.4 Å². The Balaban J connectivity index is 1.38. The zero-order chi connectivity index (χ0) is 20.5. The quantitative estimate of drug-likeness (QED) is 0.548. The molecule has 5 rings (SSSR count). The molecule has 2 fully saturated rings. The normalized spacial score (nSPS) is 21.7.